The smallest absolute Gasteiger partial charge is 0.410 e. The van der Waals surface area contributed by atoms with Crippen LogP contribution >= 0.6 is 0 Å². The largest absolute Gasteiger partial charge is 0.480 e. The molecule has 3 amide bonds. The minimum Gasteiger partial charge on any atom is -0.480 e. The normalized spacial score (nSPS) is 18.2. The van der Waals surface area contributed by atoms with Gasteiger partial charge in [-0.1, -0.05) is 60.2 Å². The summed E-state index contributed by atoms with van der Waals surface area (Å²) in [6.07, 6.45) is -0.667. The number of carbonyl (C=O) groups is 4. The van der Waals surface area contributed by atoms with E-state index in [0.717, 1.165) is 15.4 Å². The summed E-state index contributed by atoms with van der Waals surface area (Å²) >= 11 is 0. The number of benzene rings is 3. The number of carboxylic acid groups (broad SMARTS) is 1. The predicted molar refractivity (Wildman–Crippen MR) is 183 cm³/mol. The molecule has 2 unspecified atom stereocenters. The van der Waals surface area contributed by atoms with E-state index < -0.39 is 46.2 Å². The van der Waals surface area contributed by atoms with Gasteiger partial charge in [-0.05, 0) is 68.0 Å². The summed E-state index contributed by atoms with van der Waals surface area (Å²) in [5.74, 6) is -2.79. The molecule has 50 heavy (non-hydrogen) atoms. The minimum atomic E-state index is -3.99. The number of aryl methyl sites for hydroxylation is 1. The summed E-state index contributed by atoms with van der Waals surface area (Å²) in [5, 5.41) is 26.0. The molecular weight excluding hydrogens is 664 g/mol. The van der Waals surface area contributed by atoms with Crippen molar-refractivity contribution in [3.63, 3.8) is 0 Å². The zero-order valence-electron chi connectivity index (χ0n) is 27.7. The maximum Gasteiger partial charge on any atom is 0.410 e. The van der Waals surface area contributed by atoms with Gasteiger partial charge in [-0.15, -0.1) is 0 Å². The first-order valence-electron chi connectivity index (χ1n) is 16.6. The number of rotatable bonds is 12. The van der Waals surface area contributed by atoms with Crippen molar-refractivity contribution in [1.82, 2.24) is 14.5 Å². The highest BCUT2D eigenvalue weighted by Crippen LogP contribution is 2.28. The predicted octanol–water partition coefficient (Wildman–Crippen LogP) is 3.31. The SMILES string of the molecule is Cc1ccc(S(=O)(=O)N2CCCC2C(O)C(=O)N[C@@H](Cc2ccc(NC(=O)C3CCN(C(=O)OCc4ccccc4)CC3)cc2)C(=O)O)cc1. The molecule has 0 spiro atoms. The lowest BCUT2D eigenvalue weighted by Crippen LogP contribution is -2.53. The van der Waals surface area contributed by atoms with Crippen LogP contribution < -0.4 is 10.6 Å². The van der Waals surface area contributed by atoms with E-state index in [-0.39, 0.29) is 42.7 Å². The maximum atomic E-state index is 13.3. The first kappa shape index (κ1) is 36.5. The third kappa shape index (κ3) is 9.05. The number of ether oxygens (including phenoxy) is 1. The van der Waals surface area contributed by atoms with E-state index >= 15 is 0 Å². The van der Waals surface area contributed by atoms with Crippen molar-refractivity contribution in [2.45, 2.75) is 68.7 Å². The zero-order chi connectivity index (χ0) is 35.8. The lowest BCUT2D eigenvalue weighted by Gasteiger charge is -2.30. The van der Waals surface area contributed by atoms with Crippen LogP contribution in [-0.4, -0.2) is 89.5 Å². The van der Waals surface area contributed by atoms with Crippen LogP contribution in [0.5, 0.6) is 0 Å². The number of amides is 3. The molecule has 0 aliphatic carbocycles. The molecule has 5 rings (SSSR count). The Bertz CT molecular complexity index is 1760. The van der Waals surface area contributed by atoms with Gasteiger partial charge in [0.1, 0.15) is 18.8 Å². The number of nitrogens with one attached hydrogen (secondary N) is 2. The summed E-state index contributed by atoms with van der Waals surface area (Å²) in [6.45, 7) is 2.92. The summed E-state index contributed by atoms with van der Waals surface area (Å²) < 4.78 is 33.1. The Balaban J connectivity index is 1.10. The molecule has 14 heteroatoms. The lowest BCUT2D eigenvalue weighted by atomic mass is 9.96. The fourth-order valence-corrected chi connectivity index (χ4v) is 7.89. The summed E-state index contributed by atoms with van der Waals surface area (Å²) in [6, 6.07) is 19.7. The minimum absolute atomic E-state index is 0.0489. The van der Waals surface area contributed by atoms with Gasteiger partial charge < -0.3 is 30.5 Å². The molecule has 0 aromatic heterocycles. The van der Waals surface area contributed by atoms with Gasteiger partial charge in [0.05, 0.1) is 10.9 Å². The van der Waals surface area contributed by atoms with Gasteiger partial charge >= 0.3 is 12.1 Å². The molecule has 3 aromatic carbocycles. The van der Waals surface area contributed by atoms with Crippen LogP contribution in [0.4, 0.5) is 10.5 Å². The third-order valence-corrected chi connectivity index (χ3v) is 11.1. The first-order chi connectivity index (χ1) is 23.9. The molecule has 4 N–H and O–H groups in total. The molecule has 13 nitrogen and oxygen atoms in total. The molecule has 2 heterocycles. The fraction of sp³-hybridized carbons (Fsp3) is 0.389. The van der Waals surface area contributed by atoms with Crippen LogP contribution in [-0.2, 0) is 42.2 Å². The molecule has 2 saturated heterocycles. The number of carbonyl (C=O) groups excluding carboxylic acids is 3. The second kappa shape index (κ2) is 16.3. The summed E-state index contributed by atoms with van der Waals surface area (Å²) in [5.41, 5.74) is 2.83. The number of aliphatic carboxylic acids is 1. The zero-order valence-corrected chi connectivity index (χ0v) is 28.6. The molecule has 2 fully saturated rings. The number of aliphatic hydroxyl groups is 1. The van der Waals surface area contributed by atoms with E-state index in [0.29, 0.717) is 43.6 Å². The number of carboxylic acids is 1. The number of sulfonamides is 1. The Morgan fingerprint density at radius 2 is 1.54 bits per heavy atom. The van der Waals surface area contributed by atoms with Gasteiger partial charge in [0.15, 0.2) is 0 Å². The molecule has 0 bridgehead atoms. The Morgan fingerprint density at radius 1 is 0.880 bits per heavy atom. The molecule has 2 aliphatic rings. The number of piperidine rings is 1. The first-order valence-corrected chi connectivity index (χ1v) is 18.0. The van der Waals surface area contributed by atoms with Crippen molar-refractivity contribution in [3.05, 3.63) is 95.6 Å². The van der Waals surface area contributed by atoms with E-state index in [1.807, 2.05) is 37.3 Å². The Morgan fingerprint density at radius 3 is 2.18 bits per heavy atom. The van der Waals surface area contributed by atoms with Crippen molar-refractivity contribution >= 4 is 39.6 Å². The average Bonchev–Trinajstić information content (AvgIpc) is 3.62. The van der Waals surface area contributed by atoms with Crippen molar-refractivity contribution in [1.29, 1.82) is 0 Å². The van der Waals surface area contributed by atoms with E-state index in [1.165, 1.54) is 12.1 Å². The maximum absolute atomic E-state index is 13.3. The molecule has 3 atom stereocenters. The van der Waals surface area contributed by atoms with Crippen LogP contribution in [0, 0.1) is 12.8 Å². The standard InChI is InChI=1S/C36H42N4O9S/c1-24-9-15-29(16-10-24)50(47,48)40-19-5-8-31(40)32(41)34(43)38-30(35(44)45)22-25-11-13-28(14-12-25)37-33(42)27-17-20-39(21-18-27)36(46)49-23-26-6-3-2-4-7-26/h2-4,6-7,9-16,27,30-32,41H,5,8,17-23H2,1H3,(H,37,42)(H,38,43)(H,44,45)/t30-,31?,32?/m0/s1. The number of likely N-dealkylation sites (tertiary alicyclic amines) is 1. The highest BCUT2D eigenvalue weighted by atomic mass is 32.2. The van der Waals surface area contributed by atoms with Crippen molar-refractivity contribution in [3.8, 4) is 0 Å². The topological polar surface area (TPSA) is 183 Å². The quantitative estimate of drug-likeness (QED) is 0.220. The van der Waals surface area contributed by atoms with Crippen molar-refractivity contribution in [2.24, 2.45) is 5.92 Å². The molecular formula is C36H42N4O9S. The molecule has 0 radical (unpaired) electrons. The van der Waals surface area contributed by atoms with Crippen LogP contribution in [0.3, 0.4) is 0 Å². The molecule has 3 aromatic rings. The van der Waals surface area contributed by atoms with Gasteiger partial charge in [-0.2, -0.15) is 4.31 Å². The van der Waals surface area contributed by atoms with Gasteiger partial charge in [0, 0.05) is 37.7 Å². The van der Waals surface area contributed by atoms with Crippen LogP contribution in [0.1, 0.15) is 42.4 Å². The van der Waals surface area contributed by atoms with E-state index in [4.69, 9.17) is 4.74 Å². The Hall–Kier alpha value is -4.79. The Kier molecular flexibility index (Phi) is 11.9. The van der Waals surface area contributed by atoms with Gasteiger partial charge in [-0.25, -0.2) is 18.0 Å². The van der Waals surface area contributed by atoms with Crippen molar-refractivity contribution in [2.75, 3.05) is 25.0 Å². The summed E-state index contributed by atoms with van der Waals surface area (Å²) in [7, 11) is -3.99. The molecule has 266 valence electrons. The number of nitrogens with zero attached hydrogens (tertiary/aromatic N) is 2. The van der Waals surface area contributed by atoms with E-state index in [2.05, 4.69) is 10.6 Å². The second-order valence-corrected chi connectivity index (χ2v) is 14.6. The molecule has 0 saturated carbocycles. The number of hydrogen-bond donors (Lipinski definition) is 4. The second-order valence-electron chi connectivity index (χ2n) is 12.7. The number of anilines is 1. The van der Waals surface area contributed by atoms with Gasteiger partial charge in [0.2, 0.25) is 15.9 Å². The molecule has 2 aliphatic heterocycles. The third-order valence-electron chi connectivity index (χ3n) is 9.11. The van der Waals surface area contributed by atoms with Crippen molar-refractivity contribution < 1.29 is 42.5 Å². The van der Waals surface area contributed by atoms with E-state index in [1.54, 1.807) is 41.3 Å². The summed E-state index contributed by atoms with van der Waals surface area (Å²) in [4.78, 5) is 52.2. The average molecular weight is 707 g/mol. The highest BCUT2D eigenvalue weighted by molar-refractivity contribution is 7.89. The van der Waals surface area contributed by atoms with Crippen LogP contribution in [0.15, 0.2) is 83.8 Å². The monoisotopic (exact) mass is 706 g/mol. The number of hydrogen-bond acceptors (Lipinski definition) is 8. The Labute approximate surface area is 291 Å². The van der Waals surface area contributed by atoms with Crippen LogP contribution in [0.25, 0.3) is 0 Å². The fourth-order valence-electron chi connectivity index (χ4n) is 6.20. The van der Waals surface area contributed by atoms with Crippen LogP contribution in [0.2, 0.25) is 0 Å². The van der Waals surface area contributed by atoms with Gasteiger partial charge in [-0.3, -0.25) is 9.59 Å². The highest BCUT2D eigenvalue weighted by Gasteiger charge is 2.42. The lowest BCUT2D eigenvalue weighted by molar-refractivity contribution is -0.144. The van der Waals surface area contributed by atoms with E-state index in [9.17, 15) is 37.8 Å². The number of aliphatic hydroxyl groups excluding tert-OH is 1. The van der Waals surface area contributed by atoms with Gasteiger partial charge in [0.25, 0.3) is 5.91 Å².